The Morgan fingerprint density at radius 3 is 3.00 bits per heavy atom. The number of benzene rings is 1. The molecule has 0 aliphatic rings. The van der Waals surface area contributed by atoms with Crippen LogP contribution in [0.1, 0.15) is 5.56 Å². The molecule has 0 radical (unpaired) electrons. The van der Waals surface area contributed by atoms with E-state index in [4.69, 9.17) is 0 Å². The highest BCUT2D eigenvalue weighted by Gasteiger charge is 2.01. The number of thioether (sulfide) groups is 1. The van der Waals surface area contributed by atoms with Crippen molar-refractivity contribution >= 4 is 33.4 Å². The molecule has 0 aliphatic heterocycles. The fourth-order valence-electron chi connectivity index (χ4n) is 1.23. The van der Waals surface area contributed by atoms with E-state index in [1.807, 2.05) is 6.20 Å². The summed E-state index contributed by atoms with van der Waals surface area (Å²) in [5.74, 6) is 0. The number of hydrogen-bond donors (Lipinski definition) is 0. The molecule has 0 aliphatic carbocycles. The molecule has 3 heteroatoms. The van der Waals surface area contributed by atoms with Crippen LogP contribution in [0.15, 0.2) is 23.2 Å². The molecular weight excluding hydrogens is 186 g/mol. The predicted molar refractivity (Wildman–Crippen MR) is 56.1 cm³/mol. The standard InChI is InChI=1S/C9H9NS2/c1-6-3-7(11-2)4-9-8(6)5-10-12-9/h3-5H,1-2H3. The smallest absolute Gasteiger partial charge is 0.0563 e. The maximum absolute atomic E-state index is 4.17. The second-order valence-electron chi connectivity index (χ2n) is 2.68. The molecule has 0 unspecified atom stereocenters. The topological polar surface area (TPSA) is 12.9 Å². The Kier molecular flexibility index (Phi) is 2.07. The van der Waals surface area contributed by atoms with Crippen molar-refractivity contribution in [2.75, 3.05) is 6.26 Å². The lowest BCUT2D eigenvalue weighted by Gasteiger charge is -1.98. The maximum atomic E-state index is 4.17. The van der Waals surface area contributed by atoms with Crippen molar-refractivity contribution in [2.24, 2.45) is 0 Å². The number of aromatic nitrogens is 1. The number of hydrogen-bond acceptors (Lipinski definition) is 3. The first kappa shape index (κ1) is 8.08. The van der Waals surface area contributed by atoms with E-state index in [0.29, 0.717) is 0 Å². The molecule has 1 heterocycles. The van der Waals surface area contributed by atoms with Crippen LogP contribution >= 0.6 is 23.3 Å². The van der Waals surface area contributed by atoms with Crippen molar-refractivity contribution in [1.29, 1.82) is 0 Å². The van der Waals surface area contributed by atoms with Gasteiger partial charge in [0.2, 0.25) is 0 Å². The van der Waals surface area contributed by atoms with Crippen LogP contribution in [0, 0.1) is 6.92 Å². The minimum absolute atomic E-state index is 1.29. The van der Waals surface area contributed by atoms with Gasteiger partial charge in [0, 0.05) is 16.5 Å². The molecule has 62 valence electrons. The summed E-state index contributed by atoms with van der Waals surface area (Å²) in [6.45, 7) is 2.14. The Morgan fingerprint density at radius 2 is 2.25 bits per heavy atom. The van der Waals surface area contributed by atoms with E-state index >= 15 is 0 Å². The van der Waals surface area contributed by atoms with E-state index in [-0.39, 0.29) is 0 Å². The predicted octanol–water partition coefficient (Wildman–Crippen LogP) is 3.33. The van der Waals surface area contributed by atoms with E-state index in [9.17, 15) is 0 Å². The SMILES string of the molecule is CSc1cc(C)c2cnsc2c1. The highest BCUT2D eigenvalue weighted by molar-refractivity contribution is 7.98. The second kappa shape index (κ2) is 3.07. The van der Waals surface area contributed by atoms with Crippen LogP contribution in [0.25, 0.3) is 10.1 Å². The second-order valence-corrected chi connectivity index (χ2v) is 4.39. The fraction of sp³-hybridized carbons (Fsp3) is 0.222. The quantitative estimate of drug-likeness (QED) is 0.647. The summed E-state index contributed by atoms with van der Waals surface area (Å²) in [7, 11) is 0. The molecule has 1 aromatic carbocycles. The van der Waals surface area contributed by atoms with Crippen LogP contribution in [0.3, 0.4) is 0 Å². The third-order valence-corrected chi connectivity index (χ3v) is 3.34. The molecule has 0 spiro atoms. The first-order valence-corrected chi connectivity index (χ1v) is 5.70. The van der Waals surface area contributed by atoms with E-state index in [0.717, 1.165) is 0 Å². The van der Waals surface area contributed by atoms with Gasteiger partial charge in [0.15, 0.2) is 0 Å². The average molecular weight is 195 g/mol. The lowest BCUT2D eigenvalue weighted by molar-refractivity contribution is 1.42. The van der Waals surface area contributed by atoms with Crippen molar-refractivity contribution in [3.63, 3.8) is 0 Å². The van der Waals surface area contributed by atoms with Gasteiger partial charge in [0.1, 0.15) is 0 Å². The lowest BCUT2D eigenvalue weighted by atomic mass is 10.2. The summed E-state index contributed by atoms with van der Waals surface area (Å²) in [5.41, 5.74) is 1.32. The van der Waals surface area contributed by atoms with Gasteiger partial charge in [-0.3, -0.25) is 0 Å². The van der Waals surface area contributed by atoms with Gasteiger partial charge in [-0.2, -0.15) is 4.37 Å². The van der Waals surface area contributed by atoms with Crippen LogP contribution in [0.2, 0.25) is 0 Å². The number of nitrogens with zero attached hydrogens (tertiary/aromatic N) is 1. The van der Waals surface area contributed by atoms with Crippen LogP contribution in [-0.4, -0.2) is 10.6 Å². The highest BCUT2D eigenvalue weighted by atomic mass is 32.2. The van der Waals surface area contributed by atoms with E-state index in [1.165, 1.54) is 20.5 Å². The summed E-state index contributed by atoms with van der Waals surface area (Å²) >= 11 is 3.35. The first-order valence-electron chi connectivity index (χ1n) is 3.70. The molecule has 12 heavy (non-hydrogen) atoms. The lowest BCUT2D eigenvalue weighted by Crippen LogP contribution is -1.75. The molecule has 0 N–H and O–H groups in total. The van der Waals surface area contributed by atoms with Crippen molar-refractivity contribution in [2.45, 2.75) is 11.8 Å². The zero-order valence-corrected chi connectivity index (χ0v) is 8.63. The van der Waals surface area contributed by atoms with Crippen LogP contribution in [0.4, 0.5) is 0 Å². The van der Waals surface area contributed by atoms with Crippen LogP contribution in [-0.2, 0) is 0 Å². The average Bonchev–Trinajstić information content (AvgIpc) is 2.52. The number of fused-ring (bicyclic) bond motifs is 1. The fourth-order valence-corrected chi connectivity index (χ4v) is 2.60. The third kappa shape index (κ3) is 1.23. The summed E-state index contributed by atoms with van der Waals surface area (Å²) in [5, 5.41) is 1.29. The van der Waals surface area contributed by atoms with Crippen molar-refractivity contribution in [3.8, 4) is 0 Å². The first-order chi connectivity index (χ1) is 5.81. The monoisotopic (exact) mass is 195 g/mol. The zero-order chi connectivity index (χ0) is 8.55. The van der Waals surface area contributed by atoms with E-state index < -0.39 is 0 Å². The van der Waals surface area contributed by atoms with Crippen LogP contribution < -0.4 is 0 Å². The van der Waals surface area contributed by atoms with E-state index in [2.05, 4.69) is 29.7 Å². The molecular formula is C9H9NS2. The van der Waals surface area contributed by atoms with Gasteiger partial charge >= 0.3 is 0 Å². The Balaban J connectivity index is 2.75. The molecule has 0 fully saturated rings. The maximum Gasteiger partial charge on any atom is 0.0563 e. The molecule has 1 aromatic heterocycles. The van der Waals surface area contributed by atoms with Crippen molar-refractivity contribution in [3.05, 3.63) is 23.9 Å². The van der Waals surface area contributed by atoms with Gasteiger partial charge in [-0.1, -0.05) is 0 Å². The normalized spacial score (nSPS) is 10.8. The Hall–Kier alpha value is -0.540. The zero-order valence-electron chi connectivity index (χ0n) is 7.00. The summed E-state index contributed by atoms with van der Waals surface area (Å²) < 4.78 is 5.46. The minimum Gasteiger partial charge on any atom is -0.200 e. The number of aryl methyl sites for hydroxylation is 1. The van der Waals surface area contributed by atoms with Gasteiger partial charge < -0.3 is 0 Å². The largest absolute Gasteiger partial charge is 0.200 e. The minimum atomic E-state index is 1.29. The van der Waals surface area contributed by atoms with Gasteiger partial charge in [0.25, 0.3) is 0 Å². The van der Waals surface area contributed by atoms with Crippen molar-refractivity contribution in [1.82, 2.24) is 4.37 Å². The summed E-state index contributed by atoms with van der Waals surface area (Å²) in [6, 6.07) is 4.41. The van der Waals surface area contributed by atoms with E-state index in [1.54, 1.807) is 23.3 Å². The van der Waals surface area contributed by atoms with Gasteiger partial charge in [-0.15, -0.1) is 11.8 Å². The number of rotatable bonds is 1. The Bertz CT molecular complexity index is 406. The van der Waals surface area contributed by atoms with Crippen molar-refractivity contribution < 1.29 is 0 Å². The Labute approximate surface area is 80.0 Å². The summed E-state index contributed by atoms with van der Waals surface area (Å²) in [6.07, 6.45) is 4.04. The van der Waals surface area contributed by atoms with Crippen LogP contribution in [0.5, 0.6) is 0 Å². The third-order valence-electron chi connectivity index (χ3n) is 1.89. The highest BCUT2D eigenvalue weighted by Crippen LogP contribution is 2.27. The van der Waals surface area contributed by atoms with Gasteiger partial charge in [-0.25, -0.2) is 0 Å². The molecule has 0 amide bonds. The molecule has 0 bridgehead atoms. The molecule has 2 rings (SSSR count). The summed E-state index contributed by atoms with van der Waals surface area (Å²) in [4.78, 5) is 1.32. The molecule has 2 aromatic rings. The molecule has 0 saturated carbocycles. The van der Waals surface area contributed by atoms with Gasteiger partial charge in [0.05, 0.1) is 4.70 Å². The molecule has 0 atom stereocenters. The van der Waals surface area contributed by atoms with Gasteiger partial charge in [-0.05, 0) is 42.4 Å². The Morgan fingerprint density at radius 1 is 1.42 bits per heavy atom. The molecule has 1 nitrogen and oxygen atoms in total. The molecule has 0 saturated heterocycles.